The predicted octanol–water partition coefficient (Wildman–Crippen LogP) is 3.62. The molecule has 150 valence electrons. The molecule has 29 heavy (non-hydrogen) atoms. The van der Waals surface area contributed by atoms with Gasteiger partial charge in [-0.3, -0.25) is 10.1 Å². The van der Waals surface area contributed by atoms with Crippen molar-refractivity contribution in [3.8, 4) is 17.2 Å². The molecule has 0 saturated heterocycles. The van der Waals surface area contributed by atoms with Crippen LogP contribution in [-0.2, 0) is 9.53 Å². The van der Waals surface area contributed by atoms with Gasteiger partial charge in [0.2, 0.25) is 5.90 Å². The zero-order chi connectivity index (χ0) is 21.1. The minimum Gasteiger partial charge on any atom is -0.496 e. The largest absolute Gasteiger partial charge is 0.496 e. The van der Waals surface area contributed by atoms with E-state index in [2.05, 4.69) is 4.99 Å². The van der Waals surface area contributed by atoms with Crippen LogP contribution < -0.4 is 14.2 Å². The fraction of sp³-hybridized carbons (Fsp3) is 0.158. The Morgan fingerprint density at radius 3 is 2.31 bits per heavy atom. The molecule has 2 aromatic rings. The predicted molar refractivity (Wildman–Crippen MR) is 105 cm³/mol. The zero-order valence-corrected chi connectivity index (χ0v) is 16.4. The summed E-state index contributed by atoms with van der Waals surface area (Å²) in [5, 5.41) is 10.9. The Morgan fingerprint density at radius 1 is 1.07 bits per heavy atom. The Kier molecular flexibility index (Phi) is 5.69. The molecule has 0 aromatic heterocycles. The number of nitro groups is 1. The number of aliphatic imine (C=N–C) groups is 1. The number of methoxy groups -OCH3 is 3. The molecule has 0 fully saturated rings. The molecule has 0 bridgehead atoms. The normalized spacial score (nSPS) is 14.4. The summed E-state index contributed by atoms with van der Waals surface area (Å²) in [5.41, 5.74) is 0.583. The third-order valence-corrected chi connectivity index (χ3v) is 4.36. The number of nitro benzene ring substituents is 1. The van der Waals surface area contributed by atoms with Crippen LogP contribution in [-0.4, -0.2) is 38.1 Å². The third-order valence-electron chi connectivity index (χ3n) is 4.04. The Hall–Kier alpha value is -3.59. The zero-order valence-electron chi connectivity index (χ0n) is 15.6. The number of halogens is 1. The first-order valence-corrected chi connectivity index (χ1v) is 8.52. The average molecular weight is 419 g/mol. The molecule has 1 aliphatic heterocycles. The first kappa shape index (κ1) is 20.2. The first-order chi connectivity index (χ1) is 13.9. The van der Waals surface area contributed by atoms with Crippen molar-refractivity contribution in [2.24, 2.45) is 4.99 Å². The number of rotatable bonds is 6. The number of ether oxygens (including phenoxy) is 4. The monoisotopic (exact) mass is 418 g/mol. The lowest BCUT2D eigenvalue weighted by Gasteiger charge is -2.12. The number of benzene rings is 2. The molecule has 0 radical (unpaired) electrons. The molecule has 0 unspecified atom stereocenters. The van der Waals surface area contributed by atoms with Crippen molar-refractivity contribution in [3.63, 3.8) is 0 Å². The van der Waals surface area contributed by atoms with Crippen LogP contribution in [0.15, 0.2) is 41.0 Å². The van der Waals surface area contributed by atoms with Crippen LogP contribution in [0, 0.1) is 10.1 Å². The molecule has 0 spiro atoms. The fourth-order valence-corrected chi connectivity index (χ4v) is 2.88. The molecule has 0 aliphatic carbocycles. The molecule has 3 rings (SSSR count). The molecule has 9 nitrogen and oxygen atoms in total. The highest BCUT2D eigenvalue weighted by atomic mass is 35.5. The highest BCUT2D eigenvalue weighted by Gasteiger charge is 2.27. The van der Waals surface area contributed by atoms with E-state index >= 15 is 0 Å². The van der Waals surface area contributed by atoms with Crippen molar-refractivity contribution in [2.75, 3.05) is 21.3 Å². The van der Waals surface area contributed by atoms with Crippen LogP contribution in [0.2, 0.25) is 5.02 Å². The van der Waals surface area contributed by atoms with Gasteiger partial charge in [-0.1, -0.05) is 11.6 Å². The lowest BCUT2D eigenvalue weighted by molar-refractivity contribution is -0.384. The van der Waals surface area contributed by atoms with Gasteiger partial charge >= 0.3 is 5.97 Å². The summed E-state index contributed by atoms with van der Waals surface area (Å²) in [6.45, 7) is 0. The summed E-state index contributed by atoms with van der Waals surface area (Å²) in [4.78, 5) is 26.7. The van der Waals surface area contributed by atoms with Crippen LogP contribution >= 0.6 is 11.6 Å². The molecule has 0 atom stereocenters. The molecular weight excluding hydrogens is 404 g/mol. The van der Waals surface area contributed by atoms with Crippen LogP contribution in [0.1, 0.15) is 11.1 Å². The Balaban J connectivity index is 2.02. The van der Waals surface area contributed by atoms with E-state index in [-0.39, 0.29) is 27.9 Å². The van der Waals surface area contributed by atoms with E-state index in [0.717, 1.165) is 6.07 Å². The van der Waals surface area contributed by atoms with E-state index in [1.807, 2.05) is 0 Å². The van der Waals surface area contributed by atoms with Crippen molar-refractivity contribution in [2.45, 2.75) is 0 Å². The number of esters is 1. The van der Waals surface area contributed by atoms with Gasteiger partial charge in [0, 0.05) is 23.8 Å². The lowest BCUT2D eigenvalue weighted by atomic mass is 10.1. The fourth-order valence-electron chi connectivity index (χ4n) is 2.63. The maximum Gasteiger partial charge on any atom is 0.363 e. The number of cyclic esters (lactones) is 1. The molecular formula is C19H15ClN2O7. The number of carbonyl (C=O) groups is 1. The molecule has 1 aliphatic rings. The van der Waals surface area contributed by atoms with Gasteiger partial charge < -0.3 is 18.9 Å². The van der Waals surface area contributed by atoms with Crippen LogP contribution in [0.4, 0.5) is 5.69 Å². The van der Waals surface area contributed by atoms with Gasteiger partial charge in [0.25, 0.3) is 5.69 Å². The van der Waals surface area contributed by atoms with E-state index in [9.17, 15) is 14.9 Å². The number of non-ortho nitro benzene ring substituents is 1. The van der Waals surface area contributed by atoms with Crippen LogP contribution in [0.3, 0.4) is 0 Å². The SMILES string of the molecule is COc1cc(OC)c(OC)cc1/C=C1\N=C(c2ccc([N+](=O)[O-])cc2Cl)OC1=O. The highest BCUT2D eigenvalue weighted by Crippen LogP contribution is 2.36. The standard InChI is InChI=1S/C19H15ClN2O7/c1-26-15-9-17(28-3)16(27-2)7-10(15)6-14-19(23)29-18(21-14)12-5-4-11(22(24)25)8-13(12)20/h4-9H,1-3H3/b14-6-. The van der Waals surface area contributed by atoms with Gasteiger partial charge in [0.05, 0.1) is 36.8 Å². The second-order valence-electron chi connectivity index (χ2n) is 5.71. The maximum atomic E-state index is 12.3. The Labute approximate surface area is 170 Å². The number of hydrogen-bond donors (Lipinski definition) is 0. The quantitative estimate of drug-likeness (QED) is 0.305. The average Bonchev–Trinajstić information content (AvgIpc) is 3.07. The maximum absolute atomic E-state index is 12.3. The number of hydrogen-bond acceptors (Lipinski definition) is 8. The summed E-state index contributed by atoms with van der Waals surface area (Å²) in [6, 6.07) is 7.02. The topological polar surface area (TPSA) is 109 Å². The summed E-state index contributed by atoms with van der Waals surface area (Å²) < 4.78 is 21.0. The molecule has 0 saturated carbocycles. The van der Waals surface area contributed by atoms with Crippen molar-refractivity contribution >= 4 is 35.2 Å². The highest BCUT2D eigenvalue weighted by molar-refractivity contribution is 6.34. The van der Waals surface area contributed by atoms with Gasteiger partial charge in [-0.25, -0.2) is 9.79 Å². The van der Waals surface area contributed by atoms with Crippen molar-refractivity contribution in [1.82, 2.24) is 0 Å². The van der Waals surface area contributed by atoms with E-state index in [4.69, 9.17) is 30.5 Å². The van der Waals surface area contributed by atoms with E-state index in [1.165, 1.54) is 39.5 Å². The van der Waals surface area contributed by atoms with E-state index in [1.54, 1.807) is 12.1 Å². The van der Waals surface area contributed by atoms with Crippen LogP contribution in [0.5, 0.6) is 17.2 Å². The first-order valence-electron chi connectivity index (χ1n) is 8.14. The summed E-state index contributed by atoms with van der Waals surface area (Å²) in [7, 11) is 4.45. The van der Waals surface area contributed by atoms with Gasteiger partial charge in [-0.2, -0.15) is 0 Å². The summed E-state index contributed by atoms with van der Waals surface area (Å²) in [5.74, 6) is 0.572. The van der Waals surface area contributed by atoms with Gasteiger partial charge in [-0.05, 0) is 18.2 Å². The minimum absolute atomic E-state index is 0.0000562. The Bertz CT molecular complexity index is 1060. The van der Waals surface area contributed by atoms with Gasteiger partial charge in [0.15, 0.2) is 17.2 Å². The van der Waals surface area contributed by atoms with Gasteiger partial charge in [-0.15, -0.1) is 0 Å². The van der Waals surface area contributed by atoms with Crippen molar-refractivity contribution < 1.29 is 28.7 Å². The Morgan fingerprint density at radius 2 is 1.72 bits per heavy atom. The lowest BCUT2D eigenvalue weighted by Crippen LogP contribution is -2.06. The minimum atomic E-state index is -0.703. The molecule has 2 aromatic carbocycles. The number of nitrogens with zero attached hydrogens (tertiary/aromatic N) is 2. The van der Waals surface area contributed by atoms with E-state index in [0.29, 0.717) is 22.8 Å². The number of carbonyl (C=O) groups excluding carboxylic acids is 1. The second kappa shape index (κ2) is 8.19. The smallest absolute Gasteiger partial charge is 0.363 e. The van der Waals surface area contributed by atoms with E-state index < -0.39 is 10.9 Å². The molecule has 0 amide bonds. The molecule has 1 heterocycles. The van der Waals surface area contributed by atoms with Crippen molar-refractivity contribution in [1.29, 1.82) is 0 Å². The van der Waals surface area contributed by atoms with Crippen LogP contribution in [0.25, 0.3) is 6.08 Å². The molecule has 0 N–H and O–H groups in total. The van der Waals surface area contributed by atoms with Gasteiger partial charge in [0.1, 0.15) is 5.75 Å². The summed E-state index contributed by atoms with van der Waals surface area (Å²) >= 11 is 6.08. The van der Waals surface area contributed by atoms with Crippen molar-refractivity contribution in [3.05, 3.63) is 62.3 Å². The third kappa shape index (κ3) is 3.99. The summed E-state index contributed by atoms with van der Waals surface area (Å²) in [6.07, 6.45) is 1.47. The molecule has 10 heteroatoms. The second-order valence-corrected chi connectivity index (χ2v) is 6.11.